The van der Waals surface area contributed by atoms with Crippen molar-refractivity contribution in [2.75, 3.05) is 0 Å². The zero-order chi connectivity index (χ0) is 7.49. The summed E-state index contributed by atoms with van der Waals surface area (Å²) in [4.78, 5) is 0. The Hall–Kier alpha value is 1.33. The standard InChI is InChI=1S/C3H5Cl4Si2/c1-2-9(6,7)3-8(4)5/h2H,1,3H2. The van der Waals surface area contributed by atoms with Gasteiger partial charge in [0.05, 0.1) is 0 Å². The van der Waals surface area contributed by atoms with Crippen molar-refractivity contribution >= 4 is 58.4 Å². The minimum Gasteiger partial charge on any atom is -0.147 e. The molecule has 0 heterocycles. The van der Waals surface area contributed by atoms with Crippen molar-refractivity contribution in [3.63, 3.8) is 0 Å². The van der Waals surface area contributed by atoms with Crippen LogP contribution in [0.25, 0.3) is 0 Å². The van der Waals surface area contributed by atoms with Crippen LogP contribution in [0.2, 0.25) is 5.67 Å². The molecule has 0 saturated carbocycles. The topological polar surface area (TPSA) is 0 Å². The predicted octanol–water partition coefficient (Wildman–Crippen LogP) is 3.14. The second-order valence-electron chi connectivity index (χ2n) is 1.48. The second-order valence-corrected chi connectivity index (χ2v) is 13.4. The van der Waals surface area contributed by atoms with Crippen LogP contribution >= 0.6 is 44.3 Å². The molecule has 1 radical (unpaired) electrons. The van der Waals surface area contributed by atoms with Crippen LogP contribution in [0.5, 0.6) is 0 Å². The average molecular weight is 239 g/mol. The number of halogens is 4. The molecule has 0 aromatic carbocycles. The van der Waals surface area contributed by atoms with Gasteiger partial charge < -0.3 is 0 Å². The summed E-state index contributed by atoms with van der Waals surface area (Å²) in [6, 6.07) is 0. The van der Waals surface area contributed by atoms with Crippen LogP contribution in [0.4, 0.5) is 0 Å². The molecule has 0 nitrogen and oxygen atoms in total. The van der Waals surface area contributed by atoms with Gasteiger partial charge in [0.1, 0.15) is 0 Å². The van der Waals surface area contributed by atoms with Gasteiger partial charge in [-0.2, -0.15) is 0 Å². The molecule has 0 rings (SSSR count). The maximum atomic E-state index is 5.76. The number of hydrogen-bond acceptors (Lipinski definition) is 0. The first kappa shape index (κ1) is 10.3. The number of hydrogen-bond donors (Lipinski definition) is 0. The Bertz CT molecular complexity index is 102. The van der Waals surface area contributed by atoms with Gasteiger partial charge in [-0.15, -0.1) is 50.9 Å². The monoisotopic (exact) mass is 237 g/mol. The van der Waals surface area contributed by atoms with Gasteiger partial charge in [-0.05, 0) is 5.67 Å². The molecule has 0 saturated heterocycles. The predicted molar refractivity (Wildman–Crippen MR) is 49.9 cm³/mol. The molecule has 0 bridgehead atoms. The van der Waals surface area contributed by atoms with Gasteiger partial charge in [-0.3, -0.25) is 0 Å². The Kier molecular flexibility index (Phi) is 4.89. The summed E-state index contributed by atoms with van der Waals surface area (Å²) in [5.41, 5.74) is 2.10. The molecular formula is C3H5Cl4Si2. The third-order valence-corrected chi connectivity index (χ3v) is 9.96. The van der Waals surface area contributed by atoms with E-state index in [0.717, 1.165) is 0 Å². The highest BCUT2D eigenvalue weighted by atomic mass is 35.7. The van der Waals surface area contributed by atoms with Gasteiger partial charge in [-0.25, -0.2) is 0 Å². The molecule has 0 unspecified atom stereocenters. The summed E-state index contributed by atoms with van der Waals surface area (Å²) >= 11 is 22.6. The average Bonchev–Trinajstić information content (AvgIpc) is 1.63. The van der Waals surface area contributed by atoms with Crippen LogP contribution in [0, 0.1) is 0 Å². The highest BCUT2D eigenvalue weighted by Crippen LogP contribution is 2.24. The van der Waals surface area contributed by atoms with E-state index in [9.17, 15) is 0 Å². The van der Waals surface area contributed by atoms with E-state index in [1.165, 1.54) is 0 Å². The molecule has 0 aromatic rings. The summed E-state index contributed by atoms with van der Waals surface area (Å²) in [6.07, 6.45) is 0. The van der Waals surface area contributed by atoms with Crippen LogP contribution in [-0.4, -0.2) is 14.1 Å². The van der Waals surface area contributed by atoms with Gasteiger partial charge in [0.2, 0.25) is 0 Å². The summed E-state index contributed by atoms with van der Waals surface area (Å²) in [7, 11) is -1.33. The molecule has 0 aliphatic rings. The molecular weight excluding hydrogens is 234 g/mol. The minimum atomic E-state index is -2.25. The molecule has 0 fully saturated rings. The normalized spacial score (nSPS) is 12.1. The Morgan fingerprint density at radius 3 is 2.00 bits per heavy atom. The molecule has 0 atom stereocenters. The highest BCUT2D eigenvalue weighted by molar-refractivity contribution is 7.53. The molecule has 9 heavy (non-hydrogen) atoms. The van der Waals surface area contributed by atoms with E-state index in [1.807, 2.05) is 0 Å². The zero-order valence-corrected chi connectivity index (χ0v) is 9.53. The summed E-state index contributed by atoms with van der Waals surface area (Å²) in [5.74, 6) is 0. The molecule has 0 aromatic heterocycles. The molecule has 0 amide bonds. The van der Waals surface area contributed by atoms with Crippen molar-refractivity contribution in [1.29, 1.82) is 0 Å². The first-order valence-electron chi connectivity index (χ1n) is 2.16. The molecule has 0 aliphatic carbocycles. The third kappa shape index (κ3) is 5.76. The van der Waals surface area contributed by atoms with Crippen LogP contribution in [0.15, 0.2) is 12.3 Å². The van der Waals surface area contributed by atoms with Crippen LogP contribution in [0.1, 0.15) is 0 Å². The minimum absolute atomic E-state index is 0.535. The highest BCUT2D eigenvalue weighted by Gasteiger charge is 2.28. The van der Waals surface area contributed by atoms with Crippen molar-refractivity contribution in [3.8, 4) is 0 Å². The van der Waals surface area contributed by atoms with Gasteiger partial charge in [0, 0.05) is 0 Å². The first-order valence-corrected chi connectivity index (χ1v) is 10.2. The van der Waals surface area contributed by atoms with Gasteiger partial charge >= 0.3 is 0 Å². The van der Waals surface area contributed by atoms with Gasteiger partial charge in [-0.1, -0.05) is 5.70 Å². The van der Waals surface area contributed by atoms with Crippen molar-refractivity contribution in [2.24, 2.45) is 0 Å². The van der Waals surface area contributed by atoms with Gasteiger partial charge in [0.25, 0.3) is 14.1 Å². The van der Waals surface area contributed by atoms with Crippen molar-refractivity contribution in [2.45, 2.75) is 5.67 Å². The second kappa shape index (κ2) is 4.26. The van der Waals surface area contributed by atoms with E-state index < -0.39 is 14.1 Å². The Labute approximate surface area is 76.2 Å². The summed E-state index contributed by atoms with van der Waals surface area (Å²) in [6.45, 7) is 1.23. The lowest BCUT2D eigenvalue weighted by Crippen LogP contribution is -2.20. The molecule has 0 N–H and O–H groups in total. The van der Waals surface area contributed by atoms with Crippen LogP contribution in [0.3, 0.4) is 0 Å². The molecule has 0 aliphatic heterocycles. The summed E-state index contributed by atoms with van der Waals surface area (Å²) < 4.78 is 0. The lowest BCUT2D eigenvalue weighted by atomic mass is 11.3. The van der Waals surface area contributed by atoms with E-state index in [2.05, 4.69) is 6.58 Å². The fraction of sp³-hybridized carbons (Fsp3) is 0.333. The smallest absolute Gasteiger partial charge is 0.147 e. The Morgan fingerprint density at radius 2 is 1.89 bits per heavy atom. The maximum Gasteiger partial charge on any atom is 0.273 e. The fourth-order valence-corrected chi connectivity index (χ4v) is 10.9. The van der Waals surface area contributed by atoms with E-state index in [4.69, 9.17) is 44.3 Å². The van der Waals surface area contributed by atoms with Crippen LogP contribution in [-0.2, 0) is 0 Å². The van der Waals surface area contributed by atoms with Crippen molar-refractivity contribution in [1.82, 2.24) is 0 Å². The van der Waals surface area contributed by atoms with Crippen LogP contribution < -0.4 is 0 Å². The van der Waals surface area contributed by atoms with E-state index >= 15 is 0 Å². The lowest BCUT2D eigenvalue weighted by molar-refractivity contribution is 1.98. The van der Waals surface area contributed by atoms with Crippen molar-refractivity contribution in [3.05, 3.63) is 12.3 Å². The summed E-state index contributed by atoms with van der Waals surface area (Å²) in [5, 5.41) is 0. The first-order chi connectivity index (χ1) is 3.98. The van der Waals surface area contributed by atoms with E-state index in [0.29, 0.717) is 5.67 Å². The molecule has 53 valence electrons. The van der Waals surface area contributed by atoms with Gasteiger partial charge in [0.15, 0.2) is 0 Å². The maximum absolute atomic E-state index is 5.76. The quantitative estimate of drug-likeness (QED) is 0.524. The Morgan fingerprint density at radius 1 is 1.44 bits per heavy atom. The van der Waals surface area contributed by atoms with Crippen molar-refractivity contribution < 1.29 is 0 Å². The number of rotatable bonds is 3. The SMILES string of the molecule is C=C[Si](Cl)(Cl)C[Si](Cl)Cl. The Balaban J connectivity index is 3.71. The fourth-order valence-electron chi connectivity index (χ4n) is 0.250. The van der Waals surface area contributed by atoms with E-state index in [-0.39, 0.29) is 0 Å². The molecule has 0 spiro atoms. The zero-order valence-electron chi connectivity index (χ0n) is 4.50. The lowest BCUT2D eigenvalue weighted by Gasteiger charge is -2.08. The third-order valence-electron chi connectivity index (χ3n) is 0.668. The van der Waals surface area contributed by atoms with E-state index in [1.54, 1.807) is 5.70 Å². The largest absolute Gasteiger partial charge is 0.273 e. The molecule has 6 heteroatoms.